The van der Waals surface area contributed by atoms with Crippen LogP contribution >= 0.6 is 0 Å². The van der Waals surface area contributed by atoms with Crippen molar-refractivity contribution >= 4 is 0 Å². The number of nitrogens with two attached hydrogens (primary N) is 1. The third kappa shape index (κ3) is 4.12. The Kier molecular flexibility index (Phi) is 5.62. The Labute approximate surface area is 95.2 Å². The van der Waals surface area contributed by atoms with Crippen LogP contribution in [0.2, 0.25) is 0 Å². The molecule has 0 amide bonds. The van der Waals surface area contributed by atoms with Crippen LogP contribution in [0.3, 0.4) is 0 Å². The summed E-state index contributed by atoms with van der Waals surface area (Å²) in [6.45, 7) is 10.5. The maximum absolute atomic E-state index is 6.12. The second-order valence-corrected chi connectivity index (χ2v) is 5.22. The zero-order chi connectivity index (χ0) is 11.3. The van der Waals surface area contributed by atoms with Gasteiger partial charge in [0.15, 0.2) is 0 Å². The van der Waals surface area contributed by atoms with E-state index in [1.807, 2.05) is 0 Å². The van der Waals surface area contributed by atoms with E-state index in [0.29, 0.717) is 6.04 Å². The predicted octanol–water partition coefficient (Wildman–Crippen LogP) is 2.48. The van der Waals surface area contributed by atoms with Gasteiger partial charge in [0.1, 0.15) is 0 Å². The highest BCUT2D eigenvalue weighted by Gasteiger charge is 2.25. The van der Waals surface area contributed by atoms with Gasteiger partial charge in [-0.15, -0.1) is 0 Å². The average molecular weight is 212 g/mol. The standard InChI is InChI=1S/C13H28N2/c1-4-11(3)9-15(5-2)10-12-7-6-8-13(12)14/h11-13H,4-10,14H2,1-3H3. The lowest BCUT2D eigenvalue weighted by molar-refractivity contribution is 0.204. The van der Waals surface area contributed by atoms with Crippen LogP contribution in [-0.2, 0) is 0 Å². The Morgan fingerprint density at radius 1 is 1.33 bits per heavy atom. The summed E-state index contributed by atoms with van der Waals surface area (Å²) in [5.41, 5.74) is 6.12. The first-order valence-corrected chi connectivity index (χ1v) is 6.65. The first-order valence-electron chi connectivity index (χ1n) is 6.65. The van der Waals surface area contributed by atoms with Crippen molar-refractivity contribution in [3.05, 3.63) is 0 Å². The second-order valence-electron chi connectivity index (χ2n) is 5.22. The summed E-state index contributed by atoms with van der Waals surface area (Å²) in [7, 11) is 0. The molecule has 2 nitrogen and oxygen atoms in total. The van der Waals surface area contributed by atoms with Gasteiger partial charge in [-0.25, -0.2) is 0 Å². The number of hydrogen-bond donors (Lipinski definition) is 1. The summed E-state index contributed by atoms with van der Waals surface area (Å²) in [6, 6.07) is 0.469. The van der Waals surface area contributed by atoms with E-state index in [4.69, 9.17) is 5.73 Å². The van der Waals surface area contributed by atoms with Gasteiger partial charge in [-0.2, -0.15) is 0 Å². The van der Waals surface area contributed by atoms with E-state index >= 15 is 0 Å². The molecule has 3 atom stereocenters. The van der Waals surface area contributed by atoms with Gasteiger partial charge < -0.3 is 10.6 Å². The Hall–Kier alpha value is -0.0800. The van der Waals surface area contributed by atoms with Crippen LogP contribution in [-0.4, -0.2) is 30.6 Å². The zero-order valence-corrected chi connectivity index (χ0v) is 10.7. The van der Waals surface area contributed by atoms with E-state index < -0.39 is 0 Å². The van der Waals surface area contributed by atoms with Crippen LogP contribution in [0.15, 0.2) is 0 Å². The van der Waals surface area contributed by atoms with Crippen LogP contribution in [0.5, 0.6) is 0 Å². The summed E-state index contributed by atoms with van der Waals surface area (Å²) in [4.78, 5) is 2.59. The molecule has 2 heteroatoms. The Bertz CT molecular complexity index is 170. The Balaban J connectivity index is 2.32. The van der Waals surface area contributed by atoms with Crippen molar-refractivity contribution < 1.29 is 0 Å². The number of rotatable bonds is 6. The van der Waals surface area contributed by atoms with E-state index in [2.05, 4.69) is 25.7 Å². The zero-order valence-electron chi connectivity index (χ0n) is 10.7. The normalized spacial score (nSPS) is 28.6. The highest BCUT2D eigenvalue weighted by molar-refractivity contribution is 4.82. The van der Waals surface area contributed by atoms with Crippen molar-refractivity contribution in [2.45, 2.75) is 52.5 Å². The van der Waals surface area contributed by atoms with Gasteiger partial charge in [-0.05, 0) is 31.2 Å². The summed E-state index contributed by atoms with van der Waals surface area (Å²) in [6.07, 6.45) is 5.21. The first kappa shape index (κ1) is 13.0. The van der Waals surface area contributed by atoms with Crippen molar-refractivity contribution in [3.63, 3.8) is 0 Å². The molecule has 1 saturated carbocycles. The van der Waals surface area contributed by atoms with Crippen LogP contribution in [0.4, 0.5) is 0 Å². The quantitative estimate of drug-likeness (QED) is 0.733. The molecule has 1 fully saturated rings. The molecule has 0 saturated heterocycles. The smallest absolute Gasteiger partial charge is 0.00793 e. The van der Waals surface area contributed by atoms with Gasteiger partial charge in [0.2, 0.25) is 0 Å². The van der Waals surface area contributed by atoms with Crippen molar-refractivity contribution in [1.82, 2.24) is 4.90 Å². The van der Waals surface area contributed by atoms with Crippen LogP contribution in [0.1, 0.15) is 46.5 Å². The van der Waals surface area contributed by atoms with Gasteiger partial charge in [0.05, 0.1) is 0 Å². The van der Waals surface area contributed by atoms with Gasteiger partial charge in [-0.1, -0.05) is 33.6 Å². The predicted molar refractivity (Wildman–Crippen MR) is 66.9 cm³/mol. The largest absolute Gasteiger partial charge is 0.327 e. The third-order valence-corrected chi connectivity index (χ3v) is 3.92. The van der Waals surface area contributed by atoms with Crippen molar-refractivity contribution in [3.8, 4) is 0 Å². The highest BCUT2D eigenvalue weighted by atomic mass is 15.1. The van der Waals surface area contributed by atoms with E-state index in [0.717, 1.165) is 11.8 Å². The maximum atomic E-state index is 6.12. The molecular weight excluding hydrogens is 184 g/mol. The maximum Gasteiger partial charge on any atom is 0.00793 e. The topological polar surface area (TPSA) is 29.3 Å². The fourth-order valence-electron chi connectivity index (χ4n) is 2.53. The minimum Gasteiger partial charge on any atom is -0.327 e. The van der Waals surface area contributed by atoms with Crippen LogP contribution in [0, 0.1) is 11.8 Å². The van der Waals surface area contributed by atoms with E-state index in [-0.39, 0.29) is 0 Å². The molecule has 1 aliphatic rings. The first-order chi connectivity index (χ1) is 7.17. The minimum atomic E-state index is 0.469. The second kappa shape index (κ2) is 6.49. The molecule has 0 aromatic heterocycles. The van der Waals surface area contributed by atoms with Gasteiger partial charge in [-0.3, -0.25) is 0 Å². The third-order valence-electron chi connectivity index (χ3n) is 3.92. The molecule has 0 heterocycles. The van der Waals surface area contributed by atoms with E-state index in [1.165, 1.54) is 45.3 Å². The number of hydrogen-bond acceptors (Lipinski definition) is 2. The molecule has 0 aromatic rings. The Morgan fingerprint density at radius 2 is 2.07 bits per heavy atom. The monoisotopic (exact) mass is 212 g/mol. The molecule has 15 heavy (non-hydrogen) atoms. The fraction of sp³-hybridized carbons (Fsp3) is 1.00. The molecule has 0 radical (unpaired) electrons. The van der Waals surface area contributed by atoms with Crippen LogP contribution < -0.4 is 5.73 Å². The highest BCUT2D eigenvalue weighted by Crippen LogP contribution is 2.25. The van der Waals surface area contributed by atoms with Crippen molar-refractivity contribution in [1.29, 1.82) is 0 Å². The minimum absolute atomic E-state index is 0.469. The van der Waals surface area contributed by atoms with Gasteiger partial charge in [0, 0.05) is 19.1 Å². The fourth-order valence-corrected chi connectivity index (χ4v) is 2.53. The molecule has 1 aliphatic carbocycles. The molecule has 90 valence electrons. The van der Waals surface area contributed by atoms with Gasteiger partial charge >= 0.3 is 0 Å². The molecule has 2 N–H and O–H groups in total. The number of nitrogens with zero attached hydrogens (tertiary/aromatic N) is 1. The summed E-state index contributed by atoms with van der Waals surface area (Å²) < 4.78 is 0. The molecule has 1 rings (SSSR count). The SMILES string of the molecule is CCC(C)CN(CC)CC1CCCC1N. The van der Waals surface area contributed by atoms with Crippen molar-refractivity contribution in [2.24, 2.45) is 17.6 Å². The van der Waals surface area contributed by atoms with E-state index in [1.54, 1.807) is 0 Å². The van der Waals surface area contributed by atoms with Crippen LogP contribution in [0.25, 0.3) is 0 Å². The summed E-state index contributed by atoms with van der Waals surface area (Å²) in [5, 5.41) is 0. The molecule has 0 aromatic carbocycles. The molecule has 0 aliphatic heterocycles. The molecule has 0 spiro atoms. The lowest BCUT2D eigenvalue weighted by Crippen LogP contribution is -2.38. The summed E-state index contributed by atoms with van der Waals surface area (Å²) >= 11 is 0. The van der Waals surface area contributed by atoms with E-state index in [9.17, 15) is 0 Å². The van der Waals surface area contributed by atoms with Crippen molar-refractivity contribution in [2.75, 3.05) is 19.6 Å². The van der Waals surface area contributed by atoms with Gasteiger partial charge in [0.25, 0.3) is 0 Å². The molecular formula is C13H28N2. The molecule has 3 unspecified atom stereocenters. The molecule has 0 bridgehead atoms. The Morgan fingerprint density at radius 3 is 2.53 bits per heavy atom. The lowest BCUT2D eigenvalue weighted by Gasteiger charge is -2.28. The lowest BCUT2D eigenvalue weighted by atomic mass is 10.0. The summed E-state index contributed by atoms with van der Waals surface area (Å²) in [5.74, 6) is 1.58. The average Bonchev–Trinajstić information content (AvgIpc) is 2.63.